The average Bonchev–Trinajstić information content (AvgIpc) is 2.86. The van der Waals surface area contributed by atoms with E-state index in [9.17, 15) is 34.5 Å². The Labute approximate surface area is 258 Å². The summed E-state index contributed by atoms with van der Waals surface area (Å²) in [4.78, 5) is 52.9. The van der Waals surface area contributed by atoms with Gasteiger partial charge in [-0.05, 0) is 24.9 Å². The molecule has 2 rings (SSSR count). The maximum absolute atomic E-state index is 12.1. The predicted octanol–water partition coefficient (Wildman–Crippen LogP) is -3.63. The van der Waals surface area contributed by atoms with Gasteiger partial charge in [0.05, 0.1) is 17.9 Å². The number of carboxylic acids is 3. The molecule has 1 radical (unpaired) electrons. The number of esters is 1. The van der Waals surface area contributed by atoms with E-state index in [4.69, 9.17) is 4.74 Å². The van der Waals surface area contributed by atoms with Crippen molar-refractivity contribution in [1.82, 2.24) is 19.6 Å². The second-order valence-corrected chi connectivity index (χ2v) is 9.39. The van der Waals surface area contributed by atoms with Crippen molar-refractivity contribution in [1.29, 1.82) is 0 Å². The number of ether oxygens (including phenoxy) is 1. The molecule has 0 aliphatic carbocycles. The van der Waals surface area contributed by atoms with Crippen molar-refractivity contribution in [2.75, 3.05) is 78.5 Å². The van der Waals surface area contributed by atoms with Crippen molar-refractivity contribution in [3.05, 3.63) is 35.9 Å². The predicted molar refractivity (Wildman–Crippen MR) is 131 cm³/mol. The molecule has 0 aromatic heterocycles. The van der Waals surface area contributed by atoms with E-state index in [-0.39, 0.29) is 88.6 Å². The number of rotatable bonds is 13. The van der Waals surface area contributed by atoms with Gasteiger partial charge in [-0.25, -0.2) is 0 Å². The Bertz CT molecular complexity index is 860. The Balaban J connectivity index is 0.00000760. The quantitative estimate of drug-likeness (QED) is 0.147. The first-order valence-electron chi connectivity index (χ1n) is 12.9. The fourth-order valence-electron chi connectivity index (χ4n) is 4.24. The summed E-state index contributed by atoms with van der Waals surface area (Å²) in [7, 11) is 0. The van der Waals surface area contributed by atoms with Crippen molar-refractivity contribution in [2.24, 2.45) is 0 Å². The zero-order valence-corrected chi connectivity index (χ0v) is 23.8. The zero-order valence-electron chi connectivity index (χ0n) is 22.0. The monoisotopic (exact) mass is 702 g/mol. The Morgan fingerprint density at radius 2 is 1.05 bits per heavy atom. The summed E-state index contributed by atoms with van der Waals surface area (Å²) < 4.78 is 5.31. The number of carbonyl (C=O) groups is 4. The number of benzene rings is 1. The summed E-state index contributed by atoms with van der Waals surface area (Å²) in [6.45, 7) is 3.02. The number of carbonyl (C=O) groups excluding carboxylic acids is 4. The minimum atomic E-state index is -1.26. The van der Waals surface area contributed by atoms with Crippen LogP contribution in [0.3, 0.4) is 0 Å². The van der Waals surface area contributed by atoms with Gasteiger partial charge in [0.25, 0.3) is 0 Å². The Morgan fingerprint density at radius 1 is 0.641 bits per heavy atom. The summed E-state index contributed by atoms with van der Waals surface area (Å²) in [5.41, 5.74) is 0.921. The summed E-state index contributed by atoms with van der Waals surface area (Å²) >= 11 is 0. The van der Waals surface area contributed by atoms with Gasteiger partial charge in [-0.15, -0.1) is 0 Å². The summed E-state index contributed by atoms with van der Waals surface area (Å²) in [6, 6.07) is 9.43. The molecule has 225 valence electrons. The minimum Gasteiger partial charge on any atom is -0.549 e. The van der Waals surface area contributed by atoms with Gasteiger partial charge in [-0.2, -0.15) is 0 Å². The van der Waals surface area contributed by atoms with Crippen LogP contribution in [0.4, 0.5) is 0 Å². The molecule has 0 N–H and O–H groups in total. The molecule has 1 aliphatic rings. The number of carboxylic acid groups (broad SMARTS) is 3. The van der Waals surface area contributed by atoms with E-state index in [1.807, 2.05) is 30.3 Å². The van der Waals surface area contributed by atoms with Crippen LogP contribution in [-0.2, 0) is 30.5 Å². The number of hydrogen-bond acceptors (Lipinski definition) is 12. The molecule has 1 aromatic rings. The summed E-state index contributed by atoms with van der Waals surface area (Å²) in [5, 5.41) is 33.7. The molecule has 1 aliphatic heterocycles. The third-order valence-corrected chi connectivity index (χ3v) is 6.34. The maximum atomic E-state index is 12.1. The average molecular weight is 703 g/mol. The maximum Gasteiger partial charge on any atom is 0.306 e. The van der Waals surface area contributed by atoms with Gasteiger partial charge in [-0.3, -0.25) is 19.5 Å². The van der Waals surface area contributed by atoms with Gasteiger partial charge in [0.2, 0.25) is 0 Å². The van der Waals surface area contributed by atoms with E-state index in [0.29, 0.717) is 58.7 Å². The summed E-state index contributed by atoms with van der Waals surface area (Å²) in [5.74, 6) is -3.97. The fourth-order valence-corrected chi connectivity index (χ4v) is 4.24. The molecule has 0 saturated carbocycles. The van der Waals surface area contributed by atoms with Crippen LogP contribution in [0.2, 0.25) is 0 Å². The zero-order chi connectivity index (χ0) is 27.8. The fraction of sp³-hybridized carbons (Fsp3) is 0.615. The van der Waals surface area contributed by atoms with Crippen LogP contribution in [0.1, 0.15) is 24.8 Å². The van der Waals surface area contributed by atoms with Crippen molar-refractivity contribution in [3.63, 3.8) is 0 Å². The van der Waals surface area contributed by atoms with Crippen LogP contribution in [0.25, 0.3) is 0 Å². The Kier molecular flexibility index (Phi) is 18.2. The topological polar surface area (TPSA) is 160 Å². The van der Waals surface area contributed by atoms with Crippen LogP contribution in [0.5, 0.6) is 0 Å². The van der Waals surface area contributed by atoms with Gasteiger partial charge >= 0.3 is 5.97 Å². The second-order valence-electron chi connectivity index (χ2n) is 9.39. The first kappa shape index (κ1) is 35.2. The second kappa shape index (κ2) is 20.1. The Hall–Kier alpha value is -1.83. The molecule has 0 bridgehead atoms. The standard InChI is InChI=1S/C26H40N4O8.Tm/c31-23(32)18-28-12-10-27(9-5-4-8-26(37)38-21-22-6-2-1-3-7-22)11-13-29(19-24(33)34)15-17-30(16-14-28)20-25(35)36;/h1-3,6-7H,4-5,8-21H2,(H,31,32)(H,33,34)(H,35,36);/p-3. The van der Waals surface area contributed by atoms with Gasteiger partial charge in [0, 0.05) is 115 Å². The van der Waals surface area contributed by atoms with Gasteiger partial charge in [0.15, 0.2) is 0 Å². The molecule has 1 aromatic carbocycles. The van der Waals surface area contributed by atoms with Crippen LogP contribution >= 0.6 is 0 Å². The molecule has 0 amide bonds. The summed E-state index contributed by atoms with van der Waals surface area (Å²) in [6.07, 6.45) is 1.61. The van der Waals surface area contributed by atoms with Crippen LogP contribution in [0, 0.1) is 36.9 Å². The molecular formula is C26H37N4O8Tm-3. The number of nitrogens with zero attached hydrogens (tertiary/aromatic N) is 4. The van der Waals surface area contributed by atoms with Gasteiger partial charge in [0.1, 0.15) is 6.61 Å². The van der Waals surface area contributed by atoms with Crippen molar-refractivity contribution in [2.45, 2.75) is 25.9 Å². The van der Waals surface area contributed by atoms with Gasteiger partial charge < -0.3 is 39.3 Å². The van der Waals surface area contributed by atoms with Gasteiger partial charge in [-0.1, -0.05) is 30.3 Å². The molecule has 39 heavy (non-hydrogen) atoms. The van der Waals surface area contributed by atoms with E-state index in [0.717, 1.165) is 5.56 Å². The largest absolute Gasteiger partial charge is 0.549 e. The molecule has 13 heteroatoms. The minimum absolute atomic E-state index is 0. The number of aliphatic carboxylic acids is 3. The van der Waals surface area contributed by atoms with Crippen LogP contribution < -0.4 is 15.3 Å². The SMILES string of the molecule is O=C([O-])CN1CCN(CCCCC(=O)OCc2ccccc2)CCN(CC(=O)[O-])CCN(CC(=O)[O-])CC1.[Tm]. The molecule has 1 heterocycles. The van der Waals surface area contributed by atoms with E-state index < -0.39 is 17.9 Å². The van der Waals surface area contributed by atoms with Crippen molar-refractivity contribution in [3.8, 4) is 0 Å². The molecule has 1 fully saturated rings. The van der Waals surface area contributed by atoms with E-state index in [1.54, 1.807) is 14.7 Å². The van der Waals surface area contributed by atoms with E-state index in [1.165, 1.54) is 0 Å². The third kappa shape index (κ3) is 16.8. The smallest absolute Gasteiger partial charge is 0.306 e. The van der Waals surface area contributed by atoms with E-state index in [2.05, 4.69) is 4.90 Å². The third-order valence-electron chi connectivity index (χ3n) is 6.34. The normalized spacial score (nSPS) is 16.8. The molecular weight excluding hydrogens is 665 g/mol. The van der Waals surface area contributed by atoms with Crippen LogP contribution in [-0.4, -0.2) is 122 Å². The first-order chi connectivity index (χ1) is 18.2. The molecule has 0 unspecified atom stereocenters. The molecule has 1 saturated heterocycles. The number of unbranched alkanes of at least 4 members (excludes halogenated alkanes) is 1. The first-order valence-corrected chi connectivity index (χ1v) is 12.9. The molecule has 0 spiro atoms. The van der Waals surface area contributed by atoms with Crippen LogP contribution in [0.15, 0.2) is 30.3 Å². The van der Waals surface area contributed by atoms with Crippen molar-refractivity contribution < 1.29 is 76.1 Å². The number of hydrogen-bond donors (Lipinski definition) is 0. The van der Waals surface area contributed by atoms with Crippen molar-refractivity contribution >= 4 is 23.9 Å². The Morgan fingerprint density at radius 3 is 1.46 bits per heavy atom. The van der Waals surface area contributed by atoms with E-state index >= 15 is 0 Å². The molecule has 0 atom stereocenters. The molecule has 12 nitrogen and oxygen atoms in total.